The summed E-state index contributed by atoms with van der Waals surface area (Å²) >= 11 is 0. The third-order valence-corrected chi connectivity index (χ3v) is 2.48. The van der Waals surface area contributed by atoms with Crippen molar-refractivity contribution >= 4 is 11.7 Å². The van der Waals surface area contributed by atoms with Crippen LogP contribution < -0.4 is 10.5 Å². The fourth-order valence-electron chi connectivity index (χ4n) is 1.68. The third kappa shape index (κ3) is 4.04. The van der Waals surface area contributed by atoms with Gasteiger partial charge in [-0.2, -0.15) is 13.2 Å². The summed E-state index contributed by atoms with van der Waals surface area (Å²) in [5, 5.41) is 0. The Morgan fingerprint density at radius 3 is 2.40 bits per heavy atom. The topological polar surface area (TPSA) is 61.5 Å². The number of benzene rings is 1. The summed E-state index contributed by atoms with van der Waals surface area (Å²) in [5.74, 6) is -0.560. The predicted molar refractivity (Wildman–Crippen MR) is 67.4 cm³/mol. The maximum Gasteiger partial charge on any atom is 0.418 e. The molecular formula is C13H16F3NO3. The van der Waals surface area contributed by atoms with Gasteiger partial charge in [0.2, 0.25) is 0 Å². The minimum atomic E-state index is -4.57. The second-order valence-electron chi connectivity index (χ2n) is 3.96. The van der Waals surface area contributed by atoms with Crippen LogP contribution >= 0.6 is 0 Å². The van der Waals surface area contributed by atoms with E-state index in [0.717, 1.165) is 12.1 Å². The van der Waals surface area contributed by atoms with Crippen LogP contribution in [-0.2, 0) is 22.1 Å². The Kier molecular flexibility index (Phi) is 5.24. The first-order valence-corrected chi connectivity index (χ1v) is 6.07. The number of carbonyl (C=O) groups excluding carboxylic acids is 1. The number of hydrogen-bond donors (Lipinski definition) is 1. The Balaban J connectivity index is 3.17. The van der Waals surface area contributed by atoms with E-state index < -0.39 is 23.4 Å². The molecule has 0 bridgehead atoms. The molecule has 0 spiro atoms. The number of anilines is 1. The van der Waals surface area contributed by atoms with Gasteiger partial charge >= 0.3 is 12.1 Å². The van der Waals surface area contributed by atoms with Gasteiger partial charge in [0.15, 0.2) is 0 Å². The number of carbonyl (C=O) groups is 1. The monoisotopic (exact) mass is 291 g/mol. The van der Waals surface area contributed by atoms with Gasteiger partial charge in [-0.25, -0.2) is 0 Å². The lowest BCUT2D eigenvalue weighted by atomic mass is 10.0. The number of nitrogens with two attached hydrogens (primary N) is 1. The second-order valence-corrected chi connectivity index (χ2v) is 3.96. The number of halogens is 3. The lowest BCUT2D eigenvalue weighted by molar-refractivity contribution is -0.142. The summed E-state index contributed by atoms with van der Waals surface area (Å²) in [6.45, 7) is 3.65. The first-order valence-electron chi connectivity index (χ1n) is 6.07. The number of ether oxygens (including phenoxy) is 2. The molecule has 112 valence electrons. The van der Waals surface area contributed by atoms with Crippen LogP contribution in [0.5, 0.6) is 5.75 Å². The SMILES string of the molecule is CCOC(=O)Cc1cc(N)c(C(F)(F)F)cc1OCC. The molecule has 20 heavy (non-hydrogen) atoms. The van der Waals surface area contributed by atoms with E-state index in [2.05, 4.69) is 0 Å². The van der Waals surface area contributed by atoms with E-state index in [0.29, 0.717) is 0 Å². The molecule has 2 N–H and O–H groups in total. The van der Waals surface area contributed by atoms with E-state index in [-0.39, 0.29) is 30.9 Å². The van der Waals surface area contributed by atoms with Crippen LogP contribution in [0.25, 0.3) is 0 Å². The molecule has 7 heteroatoms. The van der Waals surface area contributed by atoms with E-state index in [4.69, 9.17) is 15.2 Å². The number of esters is 1. The molecule has 0 radical (unpaired) electrons. The van der Waals surface area contributed by atoms with Crippen molar-refractivity contribution in [2.75, 3.05) is 18.9 Å². The minimum Gasteiger partial charge on any atom is -0.494 e. The maximum absolute atomic E-state index is 12.8. The number of alkyl halides is 3. The van der Waals surface area contributed by atoms with Crippen molar-refractivity contribution in [1.29, 1.82) is 0 Å². The van der Waals surface area contributed by atoms with Gasteiger partial charge in [0.05, 0.1) is 25.2 Å². The Labute approximate surface area is 114 Å². The largest absolute Gasteiger partial charge is 0.494 e. The fourth-order valence-corrected chi connectivity index (χ4v) is 1.68. The van der Waals surface area contributed by atoms with Crippen LogP contribution in [0.3, 0.4) is 0 Å². The van der Waals surface area contributed by atoms with E-state index in [1.807, 2.05) is 0 Å². The van der Waals surface area contributed by atoms with Crippen molar-refractivity contribution in [3.05, 3.63) is 23.3 Å². The van der Waals surface area contributed by atoms with Crippen molar-refractivity contribution in [2.24, 2.45) is 0 Å². The standard InChI is InChI=1S/C13H16F3NO3/c1-3-19-11-7-9(13(14,15)16)10(17)5-8(11)6-12(18)20-4-2/h5,7H,3-4,6,17H2,1-2H3. The van der Waals surface area contributed by atoms with Gasteiger partial charge in [0.25, 0.3) is 0 Å². The molecule has 1 aromatic carbocycles. The van der Waals surface area contributed by atoms with Gasteiger partial charge in [-0.05, 0) is 26.0 Å². The lowest BCUT2D eigenvalue weighted by Gasteiger charge is -2.16. The van der Waals surface area contributed by atoms with Crippen molar-refractivity contribution in [2.45, 2.75) is 26.4 Å². The third-order valence-electron chi connectivity index (χ3n) is 2.48. The highest BCUT2D eigenvalue weighted by molar-refractivity contribution is 5.74. The smallest absolute Gasteiger partial charge is 0.418 e. The fraction of sp³-hybridized carbons (Fsp3) is 0.462. The Bertz CT molecular complexity index is 486. The normalized spacial score (nSPS) is 11.2. The van der Waals surface area contributed by atoms with Crippen molar-refractivity contribution in [3.8, 4) is 5.75 Å². The highest BCUT2D eigenvalue weighted by Crippen LogP contribution is 2.37. The highest BCUT2D eigenvalue weighted by atomic mass is 19.4. The van der Waals surface area contributed by atoms with Crippen LogP contribution in [0.2, 0.25) is 0 Å². The maximum atomic E-state index is 12.8. The first-order chi connectivity index (χ1) is 9.29. The molecule has 0 aliphatic heterocycles. The molecule has 0 atom stereocenters. The van der Waals surface area contributed by atoms with Crippen LogP contribution in [0.1, 0.15) is 25.0 Å². The average Bonchev–Trinajstić information content (AvgIpc) is 2.31. The molecule has 4 nitrogen and oxygen atoms in total. The molecule has 0 aliphatic rings. The Hall–Kier alpha value is -1.92. The highest BCUT2D eigenvalue weighted by Gasteiger charge is 2.34. The molecular weight excluding hydrogens is 275 g/mol. The Morgan fingerprint density at radius 2 is 1.90 bits per heavy atom. The summed E-state index contributed by atoms with van der Waals surface area (Å²) in [5.41, 5.74) is 4.25. The molecule has 0 unspecified atom stereocenters. The molecule has 0 amide bonds. The summed E-state index contributed by atoms with van der Waals surface area (Å²) in [4.78, 5) is 11.4. The van der Waals surface area contributed by atoms with Gasteiger partial charge < -0.3 is 15.2 Å². The van der Waals surface area contributed by atoms with E-state index in [1.54, 1.807) is 13.8 Å². The quantitative estimate of drug-likeness (QED) is 0.669. The number of rotatable bonds is 5. The first kappa shape index (κ1) is 16.1. The van der Waals surface area contributed by atoms with Crippen molar-refractivity contribution in [3.63, 3.8) is 0 Å². The van der Waals surface area contributed by atoms with Crippen LogP contribution in [0.15, 0.2) is 12.1 Å². The van der Waals surface area contributed by atoms with Crippen LogP contribution in [-0.4, -0.2) is 19.2 Å². The summed E-state index contributed by atoms with van der Waals surface area (Å²) in [7, 11) is 0. The van der Waals surface area contributed by atoms with Gasteiger partial charge in [-0.3, -0.25) is 4.79 Å². The Morgan fingerprint density at radius 1 is 1.25 bits per heavy atom. The summed E-state index contributed by atoms with van der Waals surface area (Å²) in [6.07, 6.45) is -4.76. The van der Waals surface area contributed by atoms with Gasteiger partial charge in [-0.1, -0.05) is 0 Å². The number of hydrogen-bond acceptors (Lipinski definition) is 4. The van der Waals surface area contributed by atoms with Gasteiger partial charge in [0.1, 0.15) is 5.75 Å². The molecule has 1 rings (SSSR count). The average molecular weight is 291 g/mol. The summed E-state index contributed by atoms with van der Waals surface area (Å²) < 4.78 is 48.2. The lowest BCUT2D eigenvalue weighted by Crippen LogP contribution is -2.13. The zero-order valence-electron chi connectivity index (χ0n) is 11.2. The van der Waals surface area contributed by atoms with E-state index in [9.17, 15) is 18.0 Å². The number of nitrogen functional groups attached to an aromatic ring is 1. The predicted octanol–water partition coefficient (Wildman–Crippen LogP) is 2.79. The molecule has 0 fully saturated rings. The zero-order valence-corrected chi connectivity index (χ0v) is 11.2. The van der Waals surface area contributed by atoms with E-state index in [1.165, 1.54) is 0 Å². The van der Waals surface area contributed by atoms with Crippen molar-refractivity contribution < 1.29 is 27.4 Å². The molecule has 0 aliphatic carbocycles. The summed E-state index contributed by atoms with van der Waals surface area (Å²) in [6, 6.07) is 1.91. The molecule has 0 saturated carbocycles. The molecule has 0 heterocycles. The van der Waals surface area contributed by atoms with Crippen molar-refractivity contribution in [1.82, 2.24) is 0 Å². The van der Waals surface area contributed by atoms with Crippen LogP contribution in [0, 0.1) is 0 Å². The van der Waals surface area contributed by atoms with Gasteiger partial charge in [0, 0.05) is 11.3 Å². The minimum absolute atomic E-state index is 0.0120. The zero-order chi connectivity index (χ0) is 15.3. The molecule has 0 aromatic heterocycles. The molecule has 0 saturated heterocycles. The van der Waals surface area contributed by atoms with E-state index >= 15 is 0 Å². The molecule has 1 aromatic rings. The van der Waals surface area contributed by atoms with Gasteiger partial charge in [-0.15, -0.1) is 0 Å². The van der Waals surface area contributed by atoms with Crippen LogP contribution in [0.4, 0.5) is 18.9 Å². The second kappa shape index (κ2) is 6.49.